The third-order valence-corrected chi connectivity index (χ3v) is 8.00. The zero-order valence-electron chi connectivity index (χ0n) is 15.3. The van der Waals surface area contributed by atoms with Gasteiger partial charge in [-0.1, -0.05) is 30.7 Å². The minimum absolute atomic E-state index is 0.0305. The predicted molar refractivity (Wildman–Crippen MR) is 107 cm³/mol. The molecule has 8 heteroatoms. The van der Waals surface area contributed by atoms with Crippen LogP contribution in [-0.2, 0) is 16.6 Å². The van der Waals surface area contributed by atoms with Gasteiger partial charge in [-0.3, -0.25) is 5.43 Å². The van der Waals surface area contributed by atoms with Crippen LogP contribution in [0.3, 0.4) is 0 Å². The minimum Gasteiger partial charge on any atom is -0.254 e. The van der Waals surface area contributed by atoms with Gasteiger partial charge in [0.2, 0.25) is 10.0 Å². The summed E-state index contributed by atoms with van der Waals surface area (Å²) in [7, 11) is -3.63. The van der Waals surface area contributed by atoms with Gasteiger partial charge >= 0.3 is 0 Å². The van der Waals surface area contributed by atoms with E-state index in [1.165, 1.54) is 11.3 Å². The summed E-state index contributed by atoms with van der Waals surface area (Å²) in [5, 5.41) is 0.631. The van der Waals surface area contributed by atoms with E-state index in [1.807, 2.05) is 26.0 Å². The van der Waals surface area contributed by atoms with E-state index >= 15 is 0 Å². The van der Waals surface area contributed by atoms with E-state index in [0.29, 0.717) is 9.92 Å². The molecule has 3 N–H and O–H groups in total. The molecule has 3 rings (SSSR count). The number of halogens is 1. The SMILES string of the molecule is Cc1sc(C)c(S(=O)(=O)NCc2ccc(Cl)cc2)c1C1NNC(C)C1C. The fourth-order valence-corrected chi connectivity index (χ4v) is 6.43. The van der Waals surface area contributed by atoms with Gasteiger partial charge in [0.15, 0.2) is 0 Å². The lowest BCUT2D eigenvalue weighted by atomic mass is 9.92. The quantitative estimate of drug-likeness (QED) is 0.699. The van der Waals surface area contributed by atoms with Crippen LogP contribution in [0.15, 0.2) is 29.2 Å². The summed E-state index contributed by atoms with van der Waals surface area (Å²) in [5.74, 6) is 0.285. The van der Waals surface area contributed by atoms with Crippen molar-refractivity contribution in [3.8, 4) is 0 Å². The van der Waals surface area contributed by atoms with Crippen LogP contribution in [0.5, 0.6) is 0 Å². The highest BCUT2D eigenvalue weighted by atomic mass is 35.5. The van der Waals surface area contributed by atoms with Crippen molar-refractivity contribution in [1.82, 2.24) is 15.6 Å². The van der Waals surface area contributed by atoms with Crippen molar-refractivity contribution in [3.63, 3.8) is 0 Å². The Morgan fingerprint density at radius 2 is 1.77 bits per heavy atom. The minimum atomic E-state index is -3.63. The highest BCUT2D eigenvalue weighted by Gasteiger charge is 2.37. The lowest BCUT2D eigenvalue weighted by Crippen LogP contribution is -2.30. The smallest absolute Gasteiger partial charge is 0.242 e. The lowest BCUT2D eigenvalue weighted by molar-refractivity contribution is 0.468. The maximum absolute atomic E-state index is 13.1. The number of hydrogen-bond acceptors (Lipinski definition) is 5. The van der Waals surface area contributed by atoms with Crippen LogP contribution < -0.4 is 15.6 Å². The first-order chi connectivity index (χ1) is 12.2. The number of nitrogens with one attached hydrogen (secondary N) is 3. The lowest BCUT2D eigenvalue weighted by Gasteiger charge is -2.19. The average molecular weight is 414 g/mol. The Labute approximate surface area is 164 Å². The second-order valence-corrected chi connectivity index (χ2v) is 10.4. The van der Waals surface area contributed by atoms with Crippen LogP contribution in [0.2, 0.25) is 5.02 Å². The topological polar surface area (TPSA) is 70.2 Å². The van der Waals surface area contributed by atoms with E-state index in [4.69, 9.17) is 11.6 Å². The Bertz CT molecular complexity index is 894. The molecule has 2 aromatic rings. The highest BCUT2D eigenvalue weighted by Crippen LogP contribution is 2.40. The summed E-state index contributed by atoms with van der Waals surface area (Å²) < 4.78 is 28.9. The van der Waals surface area contributed by atoms with Gasteiger partial charge < -0.3 is 0 Å². The van der Waals surface area contributed by atoms with Gasteiger partial charge in [-0.15, -0.1) is 11.3 Å². The molecule has 1 aromatic carbocycles. The van der Waals surface area contributed by atoms with Crippen LogP contribution in [0, 0.1) is 19.8 Å². The molecule has 1 fully saturated rings. The normalized spacial score (nSPS) is 23.5. The van der Waals surface area contributed by atoms with Crippen LogP contribution in [0.25, 0.3) is 0 Å². The number of hydrogen-bond donors (Lipinski definition) is 3. The van der Waals surface area contributed by atoms with Crippen molar-refractivity contribution in [2.24, 2.45) is 5.92 Å². The monoisotopic (exact) mass is 413 g/mol. The van der Waals surface area contributed by atoms with Crippen molar-refractivity contribution in [3.05, 3.63) is 50.2 Å². The van der Waals surface area contributed by atoms with E-state index in [1.54, 1.807) is 12.1 Å². The molecule has 5 nitrogen and oxygen atoms in total. The molecule has 0 radical (unpaired) electrons. The van der Waals surface area contributed by atoms with Crippen molar-refractivity contribution < 1.29 is 8.42 Å². The summed E-state index contributed by atoms with van der Waals surface area (Å²) in [5.41, 5.74) is 8.23. The van der Waals surface area contributed by atoms with Crippen LogP contribution in [0.1, 0.15) is 40.8 Å². The Morgan fingerprint density at radius 3 is 2.35 bits per heavy atom. The molecular formula is C18H24ClN3O2S2. The third kappa shape index (κ3) is 3.83. The molecule has 142 valence electrons. The fraction of sp³-hybridized carbons (Fsp3) is 0.444. The molecule has 0 amide bonds. The zero-order chi connectivity index (χ0) is 19.1. The number of thiophene rings is 1. The Hall–Kier alpha value is -0.960. The van der Waals surface area contributed by atoms with E-state index in [0.717, 1.165) is 20.9 Å². The molecule has 1 aromatic heterocycles. The molecule has 3 atom stereocenters. The van der Waals surface area contributed by atoms with Gasteiger partial charge in [-0.25, -0.2) is 18.6 Å². The summed E-state index contributed by atoms with van der Waals surface area (Å²) in [4.78, 5) is 2.26. The van der Waals surface area contributed by atoms with Gasteiger partial charge in [0, 0.05) is 32.9 Å². The molecule has 2 heterocycles. The van der Waals surface area contributed by atoms with Crippen LogP contribution >= 0.6 is 22.9 Å². The van der Waals surface area contributed by atoms with Crippen molar-refractivity contribution in [2.45, 2.75) is 51.2 Å². The van der Waals surface area contributed by atoms with Gasteiger partial charge in [-0.05, 0) is 44.4 Å². The molecule has 0 aliphatic carbocycles. The summed E-state index contributed by atoms with van der Waals surface area (Å²) in [6.45, 7) is 8.32. The first kappa shape index (κ1) is 19.8. The molecule has 1 aliphatic heterocycles. The summed E-state index contributed by atoms with van der Waals surface area (Å²) in [6.07, 6.45) is 0. The van der Waals surface area contributed by atoms with E-state index in [-0.39, 0.29) is 24.5 Å². The fourth-order valence-electron chi connectivity index (χ4n) is 3.34. The van der Waals surface area contributed by atoms with Gasteiger partial charge in [0.25, 0.3) is 0 Å². The Kier molecular flexibility index (Phi) is 5.77. The third-order valence-electron chi connectivity index (χ3n) is 4.99. The number of rotatable bonds is 5. The van der Waals surface area contributed by atoms with Crippen molar-refractivity contribution in [2.75, 3.05) is 0 Å². The molecular weight excluding hydrogens is 390 g/mol. The second kappa shape index (κ2) is 7.58. The first-order valence-corrected chi connectivity index (χ1v) is 11.2. The Balaban J connectivity index is 1.91. The largest absolute Gasteiger partial charge is 0.254 e. The van der Waals surface area contributed by atoms with E-state index in [9.17, 15) is 8.42 Å². The summed E-state index contributed by atoms with van der Waals surface area (Å²) >= 11 is 7.42. The Morgan fingerprint density at radius 1 is 1.12 bits per heavy atom. The average Bonchev–Trinajstić information content (AvgIpc) is 3.06. The maximum atomic E-state index is 13.1. The molecule has 1 saturated heterocycles. The van der Waals surface area contributed by atoms with E-state index in [2.05, 4.69) is 29.4 Å². The zero-order valence-corrected chi connectivity index (χ0v) is 17.6. The predicted octanol–water partition coefficient (Wildman–Crippen LogP) is 3.67. The van der Waals surface area contributed by atoms with Crippen molar-refractivity contribution >= 4 is 33.0 Å². The second-order valence-electron chi connectivity index (χ2n) is 6.82. The van der Waals surface area contributed by atoms with Crippen LogP contribution in [-0.4, -0.2) is 14.5 Å². The number of aryl methyl sites for hydroxylation is 2. The van der Waals surface area contributed by atoms with Crippen LogP contribution in [0.4, 0.5) is 0 Å². The molecule has 26 heavy (non-hydrogen) atoms. The first-order valence-electron chi connectivity index (χ1n) is 8.55. The van der Waals surface area contributed by atoms with E-state index < -0.39 is 10.0 Å². The van der Waals surface area contributed by atoms with Gasteiger partial charge in [-0.2, -0.15) is 0 Å². The number of sulfonamides is 1. The van der Waals surface area contributed by atoms with Crippen molar-refractivity contribution in [1.29, 1.82) is 0 Å². The number of benzene rings is 1. The standard InChI is InChI=1S/C18H24ClN3O2S2/c1-10-11(2)21-22-17(10)16-12(3)25-13(4)18(16)26(23,24)20-9-14-5-7-15(19)8-6-14/h5-8,10-11,17,20-22H,9H2,1-4H3. The molecule has 3 unspecified atom stereocenters. The maximum Gasteiger partial charge on any atom is 0.242 e. The summed E-state index contributed by atoms with van der Waals surface area (Å²) in [6, 6.07) is 7.41. The van der Waals surface area contributed by atoms with Gasteiger partial charge in [0.1, 0.15) is 4.90 Å². The molecule has 0 saturated carbocycles. The molecule has 1 aliphatic rings. The molecule has 0 spiro atoms. The van der Waals surface area contributed by atoms with Gasteiger partial charge in [0.05, 0.1) is 6.04 Å². The molecule has 0 bridgehead atoms. The highest BCUT2D eigenvalue weighted by molar-refractivity contribution is 7.89. The number of hydrazine groups is 1.